The number of allylic oxidation sites excluding steroid dienone is 3. The second kappa shape index (κ2) is 11.9. The van der Waals surface area contributed by atoms with Crippen LogP contribution in [0.5, 0.6) is 0 Å². The van der Waals surface area contributed by atoms with E-state index < -0.39 is 0 Å². The monoisotopic (exact) mass is 432 g/mol. The van der Waals surface area contributed by atoms with Gasteiger partial charge in [0, 0.05) is 18.8 Å². The highest BCUT2D eigenvalue weighted by molar-refractivity contribution is 5.15. The standard InChI is InChI=1S/C16H26O.C7H13N.C5H13N/c1-12(2)7-8-13-10-15(13,3)14-6-4-5-9-16(14)11-17-16;1-3-7(2)8-5-4-6-8;1-4-6(3)5-2/h7,13-14H,4-6,8-11H2,1-3H3;2-6H2,1H3;4-5H2,1-3H3. The summed E-state index contributed by atoms with van der Waals surface area (Å²) in [6.45, 7) is 23.2. The van der Waals surface area contributed by atoms with Gasteiger partial charge in [-0.05, 0) is 89.8 Å². The van der Waals surface area contributed by atoms with Gasteiger partial charge in [-0.15, -0.1) is 0 Å². The van der Waals surface area contributed by atoms with Gasteiger partial charge in [0.1, 0.15) is 0 Å². The largest absolute Gasteiger partial charge is 0.375 e. The molecule has 0 aromatic heterocycles. The maximum absolute atomic E-state index is 5.87. The zero-order valence-electron chi connectivity index (χ0n) is 21.9. The molecule has 0 aromatic rings. The summed E-state index contributed by atoms with van der Waals surface area (Å²) < 4.78 is 5.87. The molecule has 3 heteroatoms. The first-order chi connectivity index (χ1) is 14.7. The van der Waals surface area contributed by atoms with Crippen molar-refractivity contribution in [2.24, 2.45) is 17.3 Å². The van der Waals surface area contributed by atoms with Crippen molar-refractivity contribution in [3.8, 4) is 0 Å². The van der Waals surface area contributed by atoms with Gasteiger partial charge in [-0.1, -0.05) is 58.8 Å². The van der Waals surface area contributed by atoms with Crippen LogP contribution < -0.4 is 0 Å². The molecular formula is C28H52N2O. The van der Waals surface area contributed by atoms with E-state index in [-0.39, 0.29) is 0 Å². The van der Waals surface area contributed by atoms with Gasteiger partial charge in [-0.25, -0.2) is 0 Å². The van der Waals surface area contributed by atoms with Crippen LogP contribution in [0.3, 0.4) is 0 Å². The third-order valence-corrected chi connectivity index (χ3v) is 8.35. The van der Waals surface area contributed by atoms with Crippen molar-refractivity contribution in [3.05, 3.63) is 23.9 Å². The average molecular weight is 433 g/mol. The molecule has 0 amide bonds. The maximum Gasteiger partial charge on any atom is 0.0949 e. The SMILES string of the molecule is C=C(CC)N1CCC1.CC(C)=CCC1CC1(C)C1CCCCC12CO2.CCN(C)CC. The number of epoxide rings is 1. The topological polar surface area (TPSA) is 19.0 Å². The third-order valence-electron chi connectivity index (χ3n) is 8.35. The van der Waals surface area contributed by atoms with E-state index in [0.29, 0.717) is 11.0 Å². The molecule has 2 heterocycles. The fourth-order valence-electron chi connectivity index (χ4n) is 5.29. The van der Waals surface area contributed by atoms with Crippen LogP contribution in [0.2, 0.25) is 0 Å². The van der Waals surface area contributed by atoms with Crippen LogP contribution in [0.25, 0.3) is 0 Å². The zero-order chi connectivity index (χ0) is 23.1. The summed E-state index contributed by atoms with van der Waals surface area (Å²) in [6.07, 6.45) is 13.2. The molecule has 180 valence electrons. The Bertz CT molecular complexity index is 582. The van der Waals surface area contributed by atoms with E-state index in [9.17, 15) is 0 Å². The molecule has 4 unspecified atom stereocenters. The van der Waals surface area contributed by atoms with Crippen molar-refractivity contribution >= 4 is 0 Å². The highest BCUT2D eigenvalue weighted by Crippen LogP contribution is 2.67. The Hall–Kier alpha value is -0.800. The van der Waals surface area contributed by atoms with Crippen LogP contribution in [0.1, 0.15) is 92.9 Å². The molecule has 2 aliphatic carbocycles. The lowest BCUT2D eigenvalue weighted by atomic mass is 9.70. The predicted octanol–water partition coefficient (Wildman–Crippen LogP) is 6.90. The van der Waals surface area contributed by atoms with Crippen molar-refractivity contribution in [1.29, 1.82) is 0 Å². The summed E-state index contributed by atoms with van der Waals surface area (Å²) in [7, 11) is 2.11. The van der Waals surface area contributed by atoms with Gasteiger partial charge in [-0.2, -0.15) is 0 Å². The molecular weight excluding hydrogens is 380 g/mol. The Morgan fingerprint density at radius 2 is 1.77 bits per heavy atom. The van der Waals surface area contributed by atoms with Crippen molar-refractivity contribution in [3.63, 3.8) is 0 Å². The number of nitrogens with zero attached hydrogens (tertiary/aromatic N) is 2. The van der Waals surface area contributed by atoms with E-state index >= 15 is 0 Å². The van der Waals surface area contributed by atoms with Crippen molar-refractivity contribution in [2.75, 3.05) is 39.8 Å². The predicted molar refractivity (Wildman–Crippen MR) is 135 cm³/mol. The summed E-state index contributed by atoms with van der Waals surface area (Å²) in [4.78, 5) is 4.58. The van der Waals surface area contributed by atoms with E-state index in [2.05, 4.69) is 71.0 Å². The van der Waals surface area contributed by atoms with E-state index in [1.807, 2.05) is 0 Å². The lowest BCUT2D eigenvalue weighted by Gasteiger charge is -2.34. The quantitative estimate of drug-likeness (QED) is 0.322. The molecule has 3 nitrogen and oxygen atoms in total. The molecule has 4 atom stereocenters. The molecule has 2 saturated carbocycles. The number of hydrogen-bond donors (Lipinski definition) is 0. The molecule has 0 bridgehead atoms. The Morgan fingerprint density at radius 1 is 1.13 bits per heavy atom. The second-order valence-electron chi connectivity index (χ2n) is 10.8. The van der Waals surface area contributed by atoms with Crippen LogP contribution >= 0.6 is 0 Å². The Morgan fingerprint density at radius 3 is 2.16 bits per heavy atom. The smallest absolute Gasteiger partial charge is 0.0949 e. The minimum atomic E-state index is 0.340. The number of rotatable bonds is 7. The first-order valence-corrected chi connectivity index (χ1v) is 13.1. The third kappa shape index (κ3) is 7.35. The first kappa shape index (κ1) is 26.5. The number of likely N-dealkylation sites (tertiary alicyclic amines) is 1. The highest BCUT2D eigenvalue weighted by Gasteiger charge is 2.65. The number of ether oxygens (including phenoxy) is 1. The van der Waals surface area contributed by atoms with E-state index in [0.717, 1.165) is 38.0 Å². The molecule has 2 aliphatic heterocycles. The molecule has 4 rings (SSSR count). The van der Waals surface area contributed by atoms with Crippen molar-refractivity contribution in [1.82, 2.24) is 9.80 Å². The van der Waals surface area contributed by atoms with Gasteiger partial charge in [0.2, 0.25) is 0 Å². The summed E-state index contributed by atoms with van der Waals surface area (Å²) in [5, 5.41) is 0. The molecule has 0 radical (unpaired) electrons. The van der Waals surface area contributed by atoms with E-state index in [4.69, 9.17) is 4.74 Å². The summed E-state index contributed by atoms with van der Waals surface area (Å²) >= 11 is 0. The zero-order valence-corrected chi connectivity index (χ0v) is 21.9. The van der Waals surface area contributed by atoms with E-state index in [1.54, 1.807) is 0 Å². The summed E-state index contributed by atoms with van der Waals surface area (Å²) in [6, 6.07) is 0. The van der Waals surface area contributed by atoms with Gasteiger partial charge in [0.25, 0.3) is 0 Å². The molecule has 1 spiro atoms. The minimum absolute atomic E-state index is 0.340. The van der Waals surface area contributed by atoms with E-state index in [1.165, 1.54) is 69.3 Å². The first-order valence-electron chi connectivity index (χ1n) is 13.1. The lowest BCUT2D eigenvalue weighted by Crippen LogP contribution is -2.35. The van der Waals surface area contributed by atoms with Gasteiger partial charge in [-0.3, -0.25) is 0 Å². The van der Waals surface area contributed by atoms with Crippen LogP contribution in [-0.2, 0) is 4.74 Å². The maximum atomic E-state index is 5.87. The molecule has 0 aromatic carbocycles. The van der Waals surface area contributed by atoms with Crippen molar-refractivity contribution in [2.45, 2.75) is 98.5 Å². The molecule has 0 N–H and O–H groups in total. The normalized spacial score (nSPS) is 32.8. The fourth-order valence-corrected chi connectivity index (χ4v) is 5.29. The summed E-state index contributed by atoms with van der Waals surface area (Å²) in [5.41, 5.74) is 3.71. The Kier molecular flexibility index (Phi) is 10.1. The van der Waals surface area contributed by atoms with Crippen LogP contribution in [0.4, 0.5) is 0 Å². The summed E-state index contributed by atoms with van der Waals surface area (Å²) in [5.74, 6) is 1.79. The van der Waals surface area contributed by atoms with Crippen molar-refractivity contribution < 1.29 is 4.74 Å². The molecule has 31 heavy (non-hydrogen) atoms. The van der Waals surface area contributed by atoms with Gasteiger partial charge in [0.05, 0.1) is 12.2 Å². The van der Waals surface area contributed by atoms with Gasteiger partial charge < -0.3 is 14.5 Å². The fraction of sp³-hybridized carbons (Fsp3) is 0.857. The minimum Gasteiger partial charge on any atom is -0.375 e. The highest BCUT2D eigenvalue weighted by atomic mass is 16.6. The molecule has 4 aliphatic rings. The van der Waals surface area contributed by atoms with Gasteiger partial charge >= 0.3 is 0 Å². The average Bonchev–Trinajstić information content (AvgIpc) is 3.63. The van der Waals surface area contributed by atoms with Crippen LogP contribution in [-0.4, -0.2) is 55.2 Å². The molecule has 4 fully saturated rings. The Labute approximate surface area is 194 Å². The molecule has 2 saturated heterocycles. The van der Waals surface area contributed by atoms with Crippen LogP contribution in [0.15, 0.2) is 23.9 Å². The lowest BCUT2D eigenvalue weighted by molar-refractivity contribution is 0.0959. The second-order valence-corrected chi connectivity index (χ2v) is 10.8. The van der Waals surface area contributed by atoms with Gasteiger partial charge in [0.15, 0.2) is 0 Å². The van der Waals surface area contributed by atoms with Crippen LogP contribution in [0, 0.1) is 17.3 Å². The number of hydrogen-bond acceptors (Lipinski definition) is 3. The Balaban J connectivity index is 0.000000203.